The summed E-state index contributed by atoms with van der Waals surface area (Å²) in [5, 5.41) is 2.90. The molecular weight excluding hydrogens is 358 g/mol. The molecule has 1 amide bonds. The van der Waals surface area contributed by atoms with Crippen LogP contribution in [0.4, 0.5) is 5.69 Å². The first kappa shape index (κ1) is 13.3. The number of hydrogen-bond acceptors (Lipinski definition) is 1. The van der Waals surface area contributed by atoms with Crippen LogP contribution in [0.15, 0.2) is 51.4 Å². The van der Waals surface area contributed by atoms with E-state index in [9.17, 15) is 4.79 Å². The van der Waals surface area contributed by atoms with Crippen LogP contribution in [0.5, 0.6) is 0 Å². The molecule has 2 nitrogen and oxygen atoms in total. The monoisotopic (exact) mass is 367 g/mol. The summed E-state index contributed by atoms with van der Waals surface area (Å²) in [7, 11) is 0. The minimum atomic E-state index is -0.118. The molecule has 0 saturated carbocycles. The Morgan fingerprint density at radius 1 is 1.11 bits per heavy atom. The van der Waals surface area contributed by atoms with Crippen LogP contribution >= 0.6 is 31.9 Å². The van der Waals surface area contributed by atoms with E-state index >= 15 is 0 Å². The Kier molecular flexibility index (Phi) is 4.19. The van der Waals surface area contributed by atoms with Crippen molar-refractivity contribution in [1.29, 1.82) is 0 Å². The lowest BCUT2D eigenvalue weighted by Crippen LogP contribution is -2.13. The highest BCUT2D eigenvalue weighted by molar-refractivity contribution is 9.10. The highest BCUT2D eigenvalue weighted by Crippen LogP contribution is 2.22. The van der Waals surface area contributed by atoms with Crippen molar-refractivity contribution in [2.24, 2.45) is 0 Å². The Hall–Kier alpha value is -1.13. The Bertz CT molecular complexity index is 596. The Labute approximate surface area is 123 Å². The van der Waals surface area contributed by atoms with Gasteiger partial charge in [0.05, 0.1) is 5.56 Å². The number of carbonyl (C=O) groups is 1. The van der Waals surface area contributed by atoms with E-state index in [2.05, 4.69) is 37.2 Å². The second kappa shape index (κ2) is 5.67. The number of carbonyl (C=O) groups excluding carboxylic acids is 1. The van der Waals surface area contributed by atoms with Crippen LogP contribution in [-0.2, 0) is 0 Å². The van der Waals surface area contributed by atoms with E-state index in [1.165, 1.54) is 0 Å². The topological polar surface area (TPSA) is 29.1 Å². The van der Waals surface area contributed by atoms with E-state index in [0.717, 1.165) is 20.2 Å². The zero-order chi connectivity index (χ0) is 13.1. The molecule has 0 saturated heterocycles. The van der Waals surface area contributed by atoms with Gasteiger partial charge < -0.3 is 5.32 Å². The van der Waals surface area contributed by atoms with Gasteiger partial charge in [-0.1, -0.05) is 28.1 Å². The summed E-state index contributed by atoms with van der Waals surface area (Å²) in [5.41, 5.74) is 2.46. The van der Waals surface area contributed by atoms with Crippen LogP contribution < -0.4 is 5.32 Å². The average Bonchev–Trinajstić information content (AvgIpc) is 2.33. The number of hydrogen-bond donors (Lipinski definition) is 1. The van der Waals surface area contributed by atoms with E-state index in [4.69, 9.17) is 0 Å². The van der Waals surface area contributed by atoms with E-state index < -0.39 is 0 Å². The molecule has 2 aromatic carbocycles. The summed E-state index contributed by atoms with van der Waals surface area (Å²) < 4.78 is 1.79. The normalized spacial score (nSPS) is 10.2. The van der Waals surface area contributed by atoms with Crippen molar-refractivity contribution in [3.63, 3.8) is 0 Å². The zero-order valence-electron chi connectivity index (χ0n) is 9.71. The summed E-state index contributed by atoms with van der Waals surface area (Å²) in [5.74, 6) is -0.118. The van der Waals surface area contributed by atoms with E-state index in [1.54, 1.807) is 6.07 Å². The van der Waals surface area contributed by atoms with Gasteiger partial charge in [0.1, 0.15) is 0 Å². The van der Waals surface area contributed by atoms with Crippen molar-refractivity contribution in [3.8, 4) is 0 Å². The lowest BCUT2D eigenvalue weighted by molar-refractivity contribution is 0.102. The third kappa shape index (κ3) is 3.00. The maximum Gasteiger partial charge on any atom is 0.256 e. The van der Waals surface area contributed by atoms with Crippen LogP contribution in [-0.4, -0.2) is 5.91 Å². The van der Waals surface area contributed by atoms with E-state index in [-0.39, 0.29) is 5.91 Å². The molecule has 4 heteroatoms. The minimum Gasteiger partial charge on any atom is -0.322 e. The molecular formula is C14H11Br2NO. The Morgan fingerprint density at radius 3 is 2.50 bits per heavy atom. The molecule has 0 spiro atoms. The average molecular weight is 369 g/mol. The summed E-state index contributed by atoms with van der Waals surface area (Å²) in [6.07, 6.45) is 0. The van der Waals surface area contributed by atoms with Crippen LogP contribution in [0.3, 0.4) is 0 Å². The first-order chi connectivity index (χ1) is 8.58. The summed E-state index contributed by atoms with van der Waals surface area (Å²) in [6.45, 7) is 1.96. The van der Waals surface area contributed by atoms with Crippen molar-refractivity contribution in [1.82, 2.24) is 0 Å². The molecule has 0 radical (unpaired) electrons. The zero-order valence-corrected chi connectivity index (χ0v) is 12.9. The number of nitrogens with one attached hydrogen (secondary N) is 1. The van der Waals surface area contributed by atoms with Gasteiger partial charge in [-0.25, -0.2) is 0 Å². The molecule has 2 aromatic rings. The largest absolute Gasteiger partial charge is 0.322 e. The fourth-order valence-electron chi connectivity index (χ4n) is 1.60. The minimum absolute atomic E-state index is 0.118. The molecule has 92 valence electrons. The number of aryl methyl sites for hydroxylation is 1. The van der Waals surface area contributed by atoms with Crippen molar-refractivity contribution in [2.45, 2.75) is 6.92 Å². The van der Waals surface area contributed by atoms with Gasteiger partial charge in [-0.05, 0) is 58.7 Å². The van der Waals surface area contributed by atoms with Gasteiger partial charge in [0.2, 0.25) is 0 Å². The van der Waals surface area contributed by atoms with Gasteiger partial charge in [0, 0.05) is 14.6 Å². The highest BCUT2D eigenvalue weighted by atomic mass is 79.9. The lowest BCUT2D eigenvalue weighted by Gasteiger charge is -2.09. The molecule has 0 heterocycles. The first-order valence-corrected chi connectivity index (χ1v) is 6.98. The second-order valence-electron chi connectivity index (χ2n) is 3.89. The number of rotatable bonds is 2. The fourth-order valence-corrected chi connectivity index (χ4v) is 2.54. The number of benzene rings is 2. The third-order valence-electron chi connectivity index (χ3n) is 2.56. The van der Waals surface area contributed by atoms with Crippen LogP contribution in [0.1, 0.15) is 15.9 Å². The molecule has 0 unspecified atom stereocenters. The van der Waals surface area contributed by atoms with Gasteiger partial charge in [-0.2, -0.15) is 0 Å². The van der Waals surface area contributed by atoms with Crippen LogP contribution in [0.2, 0.25) is 0 Å². The lowest BCUT2D eigenvalue weighted by atomic mass is 10.1. The summed E-state index contributed by atoms with van der Waals surface area (Å²) in [6, 6.07) is 13.1. The highest BCUT2D eigenvalue weighted by Gasteiger charge is 2.10. The third-order valence-corrected chi connectivity index (χ3v) is 3.74. The molecule has 0 aliphatic rings. The van der Waals surface area contributed by atoms with Crippen molar-refractivity contribution >= 4 is 43.5 Å². The predicted octanol–water partition coefficient (Wildman–Crippen LogP) is 4.77. The van der Waals surface area contributed by atoms with Gasteiger partial charge in [-0.3, -0.25) is 4.79 Å². The number of anilines is 1. The molecule has 0 bridgehead atoms. The summed E-state index contributed by atoms with van der Waals surface area (Å²) in [4.78, 5) is 12.1. The van der Waals surface area contributed by atoms with Gasteiger partial charge in [-0.15, -0.1) is 0 Å². The van der Waals surface area contributed by atoms with Crippen molar-refractivity contribution in [2.75, 3.05) is 5.32 Å². The van der Waals surface area contributed by atoms with Gasteiger partial charge in [0.15, 0.2) is 0 Å². The standard InChI is InChI=1S/C14H11Br2NO/c1-9-8-10(15)6-7-13(9)17-14(18)11-4-2-3-5-12(11)16/h2-8H,1H3,(H,17,18). The maximum atomic E-state index is 12.1. The van der Waals surface area contributed by atoms with Crippen LogP contribution in [0, 0.1) is 6.92 Å². The van der Waals surface area contributed by atoms with Gasteiger partial charge in [0.25, 0.3) is 5.91 Å². The molecule has 1 N–H and O–H groups in total. The Balaban J connectivity index is 2.24. The maximum absolute atomic E-state index is 12.1. The molecule has 0 aliphatic carbocycles. The van der Waals surface area contributed by atoms with Crippen molar-refractivity contribution in [3.05, 3.63) is 62.5 Å². The van der Waals surface area contributed by atoms with Crippen molar-refractivity contribution < 1.29 is 4.79 Å². The Morgan fingerprint density at radius 2 is 1.83 bits per heavy atom. The SMILES string of the molecule is Cc1cc(Br)ccc1NC(=O)c1ccccc1Br. The predicted molar refractivity (Wildman–Crippen MR) is 81.0 cm³/mol. The quantitative estimate of drug-likeness (QED) is 0.812. The fraction of sp³-hybridized carbons (Fsp3) is 0.0714. The molecule has 0 aromatic heterocycles. The number of amides is 1. The molecule has 2 rings (SSSR count). The van der Waals surface area contributed by atoms with Gasteiger partial charge >= 0.3 is 0 Å². The molecule has 18 heavy (non-hydrogen) atoms. The molecule has 0 fully saturated rings. The number of halogens is 2. The molecule has 0 aliphatic heterocycles. The smallest absolute Gasteiger partial charge is 0.256 e. The molecule has 0 atom stereocenters. The van der Waals surface area contributed by atoms with E-state index in [0.29, 0.717) is 5.56 Å². The van der Waals surface area contributed by atoms with Crippen LogP contribution in [0.25, 0.3) is 0 Å². The van der Waals surface area contributed by atoms with E-state index in [1.807, 2.05) is 43.3 Å². The first-order valence-electron chi connectivity index (χ1n) is 5.40. The second-order valence-corrected chi connectivity index (χ2v) is 5.66. The summed E-state index contributed by atoms with van der Waals surface area (Å²) >= 11 is 6.77.